The molecule has 0 radical (unpaired) electrons. The molecule has 0 spiro atoms. The Labute approximate surface area is 227 Å². The van der Waals surface area contributed by atoms with Crippen LogP contribution in [0.25, 0.3) is 11.1 Å². The van der Waals surface area contributed by atoms with Crippen molar-refractivity contribution in [2.45, 2.75) is 46.6 Å². The lowest BCUT2D eigenvalue weighted by atomic mass is 9.60. The summed E-state index contributed by atoms with van der Waals surface area (Å²) in [5.74, 6) is 0. The van der Waals surface area contributed by atoms with Crippen molar-refractivity contribution < 1.29 is 5.11 Å². The van der Waals surface area contributed by atoms with Crippen molar-refractivity contribution in [1.29, 1.82) is 0 Å². The summed E-state index contributed by atoms with van der Waals surface area (Å²) in [7, 11) is 0. The Morgan fingerprint density at radius 2 is 0.868 bits per heavy atom. The molecule has 1 heteroatoms. The van der Waals surface area contributed by atoms with Gasteiger partial charge in [0.05, 0.1) is 12.0 Å². The minimum atomic E-state index is -0.602. The van der Waals surface area contributed by atoms with Gasteiger partial charge >= 0.3 is 0 Å². The van der Waals surface area contributed by atoms with Gasteiger partial charge in [-0.3, -0.25) is 0 Å². The highest BCUT2D eigenvalue weighted by Gasteiger charge is 2.43. The van der Waals surface area contributed by atoms with Gasteiger partial charge in [-0.2, -0.15) is 0 Å². The van der Waals surface area contributed by atoms with E-state index in [9.17, 15) is 5.11 Å². The number of hydrogen-bond acceptors (Lipinski definition) is 1. The summed E-state index contributed by atoms with van der Waals surface area (Å²) in [6, 6.07) is 39.2. The van der Waals surface area contributed by atoms with Crippen molar-refractivity contribution in [3.63, 3.8) is 0 Å². The van der Waals surface area contributed by atoms with Crippen molar-refractivity contribution in [2.24, 2.45) is 0 Å². The summed E-state index contributed by atoms with van der Waals surface area (Å²) in [5, 5.41) is 11.1. The summed E-state index contributed by atoms with van der Waals surface area (Å²) in [6.45, 7) is 10.9. The molecule has 38 heavy (non-hydrogen) atoms. The molecule has 5 aromatic rings. The molecule has 0 saturated carbocycles. The van der Waals surface area contributed by atoms with E-state index in [2.05, 4.69) is 144 Å². The lowest BCUT2D eigenvalue weighted by Gasteiger charge is -2.41. The van der Waals surface area contributed by atoms with E-state index in [1.165, 1.54) is 50.1 Å². The van der Waals surface area contributed by atoms with Crippen LogP contribution in [-0.2, 0) is 12.0 Å². The van der Waals surface area contributed by atoms with Crippen LogP contribution in [0.2, 0.25) is 0 Å². The van der Waals surface area contributed by atoms with Gasteiger partial charge in [0.2, 0.25) is 0 Å². The predicted molar refractivity (Wildman–Crippen MR) is 160 cm³/mol. The molecule has 0 fully saturated rings. The molecule has 0 aliphatic heterocycles. The summed E-state index contributed by atoms with van der Waals surface area (Å²) >= 11 is 0. The Morgan fingerprint density at radius 3 is 1.29 bits per heavy atom. The number of aryl methyl sites for hydroxylation is 4. The average molecular weight is 497 g/mol. The lowest BCUT2D eigenvalue weighted by molar-refractivity contribution is 0.279. The van der Waals surface area contributed by atoms with Crippen molar-refractivity contribution in [1.82, 2.24) is 0 Å². The fraction of sp³-hybridized carbons (Fsp3) is 0.189. The average Bonchev–Trinajstić information content (AvgIpc) is 2.92. The number of aliphatic hydroxyl groups excluding tert-OH is 1. The van der Waals surface area contributed by atoms with Crippen molar-refractivity contribution in [3.05, 3.63) is 165 Å². The Morgan fingerprint density at radius 1 is 0.447 bits per heavy atom. The Hall–Kier alpha value is -3.94. The van der Waals surface area contributed by atoms with Gasteiger partial charge < -0.3 is 5.11 Å². The molecule has 0 bridgehead atoms. The monoisotopic (exact) mass is 496 g/mol. The molecule has 5 rings (SSSR count). The Bertz CT molecular complexity index is 1500. The molecule has 0 heterocycles. The topological polar surface area (TPSA) is 20.2 Å². The molecular weight excluding hydrogens is 460 g/mol. The number of rotatable bonds is 6. The molecule has 0 aliphatic rings. The van der Waals surface area contributed by atoms with Crippen LogP contribution in [0.15, 0.2) is 109 Å². The maximum absolute atomic E-state index is 11.1. The van der Waals surface area contributed by atoms with Gasteiger partial charge in [0.1, 0.15) is 0 Å². The fourth-order valence-corrected chi connectivity index (χ4v) is 6.33. The predicted octanol–water partition coefficient (Wildman–Crippen LogP) is 8.77. The van der Waals surface area contributed by atoms with Crippen molar-refractivity contribution in [2.75, 3.05) is 0 Å². The zero-order valence-corrected chi connectivity index (χ0v) is 23.0. The summed E-state index contributed by atoms with van der Waals surface area (Å²) in [4.78, 5) is 0. The molecular formula is C37H36O. The van der Waals surface area contributed by atoms with Crippen LogP contribution in [0, 0.1) is 34.6 Å². The summed E-state index contributed by atoms with van der Waals surface area (Å²) in [6.07, 6.45) is 0. The lowest BCUT2D eigenvalue weighted by Crippen LogP contribution is -2.35. The van der Waals surface area contributed by atoms with Crippen molar-refractivity contribution >= 4 is 0 Å². The van der Waals surface area contributed by atoms with E-state index < -0.39 is 5.41 Å². The van der Waals surface area contributed by atoms with E-state index in [1.54, 1.807) is 0 Å². The van der Waals surface area contributed by atoms with E-state index in [0.29, 0.717) is 0 Å². The fourth-order valence-electron chi connectivity index (χ4n) is 6.33. The number of benzene rings is 5. The highest BCUT2D eigenvalue weighted by Crippen LogP contribution is 2.50. The van der Waals surface area contributed by atoms with Crippen LogP contribution in [0.5, 0.6) is 0 Å². The van der Waals surface area contributed by atoms with Gasteiger partial charge in [-0.05, 0) is 101 Å². The number of aliphatic hydroxyl groups is 1. The maximum Gasteiger partial charge on any atom is 0.0712 e. The van der Waals surface area contributed by atoms with E-state index in [0.717, 1.165) is 16.7 Å². The van der Waals surface area contributed by atoms with Gasteiger partial charge in [0.25, 0.3) is 0 Å². The minimum Gasteiger partial charge on any atom is -0.392 e. The van der Waals surface area contributed by atoms with Gasteiger partial charge in [0.15, 0.2) is 0 Å². The molecule has 0 aromatic heterocycles. The normalized spacial score (nSPS) is 11.5. The summed E-state index contributed by atoms with van der Waals surface area (Å²) < 4.78 is 0. The smallest absolute Gasteiger partial charge is 0.0712 e. The standard InChI is InChI=1S/C37H36O/c1-25-14-6-10-18-30(25)31-22-23-36(32(24-38)29(31)5)37(33-19-11-7-15-26(33)2,34-20-12-8-16-27(34)3)35-21-13-9-17-28(35)4/h6-23,38H,24H2,1-5H3. The zero-order valence-electron chi connectivity index (χ0n) is 23.0. The quantitative estimate of drug-likeness (QED) is 0.233. The summed E-state index contributed by atoms with van der Waals surface area (Å²) in [5.41, 5.74) is 13.6. The first-order valence-electron chi connectivity index (χ1n) is 13.4. The third-order valence-corrected chi connectivity index (χ3v) is 8.24. The van der Waals surface area contributed by atoms with Gasteiger partial charge in [0, 0.05) is 0 Å². The minimum absolute atomic E-state index is 0.0354. The third kappa shape index (κ3) is 4.08. The second-order valence-corrected chi connectivity index (χ2v) is 10.4. The highest BCUT2D eigenvalue weighted by molar-refractivity contribution is 5.75. The van der Waals surface area contributed by atoms with Crippen LogP contribution >= 0.6 is 0 Å². The van der Waals surface area contributed by atoms with Gasteiger partial charge in [-0.15, -0.1) is 0 Å². The Balaban J connectivity index is 1.99. The molecule has 1 N–H and O–H groups in total. The van der Waals surface area contributed by atoms with Crippen LogP contribution in [0.3, 0.4) is 0 Å². The largest absolute Gasteiger partial charge is 0.392 e. The first-order chi connectivity index (χ1) is 18.4. The zero-order chi connectivity index (χ0) is 26.9. The Kier molecular flexibility index (Phi) is 7.06. The van der Waals surface area contributed by atoms with Crippen molar-refractivity contribution in [3.8, 4) is 11.1 Å². The third-order valence-electron chi connectivity index (χ3n) is 8.24. The molecule has 0 atom stereocenters. The van der Waals surface area contributed by atoms with E-state index in [4.69, 9.17) is 0 Å². The molecule has 190 valence electrons. The molecule has 0 unspecified atom stereocenters. The SMILES string of the molecule is Cc1ccccc1-c1ccc(C(c2ccccc2C)(c2ccccc2C)c2ccccc2C)c(CO)c1C. The molecule has 0 amide bonds. The van der Waals surface area contributed by atoms with Crippen LogP contribution in [0.4, 0.5) is 0 Å². The molecule has 0 aliphatic carbocycles. The molecule has 5 aromatic carbocycles. The van der Waals surface area contributed by atoms with Crippen LogP contribution < -0.4 is 0 Å². The van der Waals surface area contributed by atoms with Gasteiger partial charge in [-0.1, -0.05) is 109 Å². The van der Waals surface area contributed by atoms with E-state index in [1.807, 2.05) is 0 Å². The maximum atomic E-state index is 11.1. The second kappa shape index (κ2) is 10.4. The van der Waals surface area contributed by atoms with E-state index in [-0.39, 0.29) is 6.61 Å². The number of hydrogen-bond donors (Lipinski definition) is 1. The highest BCUT2D eigenvalue weighted by atomic mass is 16.3. The van der Waals surface area contributed by atoms with Crippen LogP contribution in [-0.4, -0.2) is 5.11 Å². The molecule has 0 saturated heterocycles. The first kappa shape index (κ1) is 25.7. The molecule has 1 nitrogen and oxygen atoms in total. The van der Waals surface area contributed by atoms with E-state index >= 15 is 0 Å². The van der Waals surface area contributed by atoms with Crippen LogP contribution in [0.1, 0.15) is 55.6 Å². The second-order valence-electron chi connectivity index (χ2n) is 10.4. The first-order valence-corrected chi connectivity index (χ1v) is 13.4. The van der Waals surface area contributed by atoms with Gasteiger partial charge in [-0.25, -0.2) is 0 Å².